The van der Waals surface area contributed by atoms with E-state index < -0.39 is 30.4 Å². The first-order valence-electron chi connectivity index (χ1n) is 10.6. The van der Waals surface area contributed by atoms with Gasteiger partial charge in [-0.1, -0.05) is 13.8 Å². The maximum absolute atomic E-state index is 12.5. The molecule has 0 fully saturated rings. The van der Waals surface area contributed by atoms with Crippen LogP contribution in [0.5, 0.6) is 5.75 Å². The number of amides is 3. The normalized spacial score (nSPS) is 11.3. The average Bonchev–Trinajstić information content (AvgIpc) is 2.77. The van der Waals surface area contributed by atoms with Crippen LogP contribution in [0.3, 0.4) is 0 Å². The van der Waals surface area contributed by atoms with Gasteiger partial charge in [-0.3, -0.25) is 14.4 Å². The summed E-state index contributed by atoms with van der Waals surface area (Å²) in [6.07, 6.45) is 0. The van der Waals surface area contributed by atoms with Crippen molar-refractivity contribution in [3.05, 3.63) is 54.1 Å². The fraction of sp³-hybridized carbons (Fsp3) is 0.333. The third-order valence-electron chi connectivity index (χ3n) is 4.47. The molecule has 9 heteroatoms. The number of nitrogens with one attached hydrogen (secondary N) is 3. The molecular formula is C24H29N3O6. The maximum Gasteiger partial charge on any atom is 0.329 e. The van der Waals surface area contributed by atoms with Crippen molar-refractivity contribution in [1.82, 2.24) is 5.32 Å². The number of hydrogen-bond donors (Lipinski definition) is 3. The predicted molar refractivity (Wildman–Crippen MR) is 124 cm³/mol. The molecular weight excluding hydrogens is 426 g/mol. The second-order valence-electron chi connectivity index (χ2n) is 7.57. The van der Waals surface area contributed by atoms with Gasteiger partial charge < -0.3 is 25.4 Å². The molecule has 0 aliphatic rings. The lowest BCUT2D eigenvalue weighted by Gasteiger charge is -2.21. The maximum atomic E-state index is 12.5. The second-order valence-corrected chi connectivity index (χ2v) is 7.57. The topological polar surface area (TPSA) is 123 Å². The van der Waals surface area contributed by atoms with Crippen molar-refractivity contribution in [2.75, 3.05) is 23.8 Å². The number of hydrogen-bond acceptors (Lipinski definition) is 6. The minimum Gasteiger partial charge on any atom is -0.494 e. The smallest absolute Gasteiger partial charge is 0.329 e. The van der Waals surface area contributed by atoms with E-state index in [9.17, 15) is 19.2 Å². The molecule has 3 N–H and O–H groups in total. The summed E-state index contributed by atoms with van der Waals surface area (Å²) in [5.41, 5.74) is 1.45. The first-order chi connectivity index (χ1) is 15.7. The van der Waals surface area contributed by atoms with Gasteiger partial charge in [-0.25, -0.2) is 4.79 Å². The molecule has 0 bridgehead atoms. The van der Waals surface area contributed by atoms with Gasteiger partial charge in [0, 0.05) is 23.9 Å². The summed E-state index contributed by atoms with van der Waals surface area (Å²) in [5, 5.41) is 7.88. The summed E-state index contributed by atoms with van der Waals surface area (Å²) in [5.74, 6) is -1.49. The van der Waals surface area contributed by atoms with E-state index in [4.69, 9.17) is 9.47 Å². The Bertz CT molecular complexity index is 971. The highest BCUT2D eigenvalue weighted by atomic mass is 16.5. The lowest BCUT2D eigenvalue weighted by atomic mass is 10.0. The molecule has 33 heavy (non-hydrogen) atoms. The van der Waals surface area contributed by atoms with E-state index in [0.717, 1.165) is 0 Å². The molecule has 3 amide bonds. The molecule has 0 heterocycles. The number of benzene rings is 2. The SMILES string of the molecule is CCOc1ccc(C(=O)N[C@H](C(=O)OCC(=O)Nc2ccc(NC(C)=O)cc2)C(C)C)cc1. The van der Waals surface area contributed by atoms with Crippen molar-refractivity contribution >= 4 is 35.1 Å². The zero-order valence-electron chi connectivity index (χ0n) is 19.1. The summed E-state index contributed by atoms with van der Waals surface area (Å²) in [7, 11) is 0. The van der Waals surface area contributed by atoms with Crippen molar-refractivity contribution in [3.8, 4) is 5.75 Å². The van der Waals surface area contributed by atoms with Crippen LogP contribution in [0.4, 0.5) is 11.4 Å². The molecule has 0 aliphatic heterocycles. The van der Waals surface area contributed by atoms with Gasteiger partial charge in [-0.05, 0) is 61.4 Å². The lowest BCUT2D eigenvalue weighted by molar-refractivity contribution is -0.150. The number of carbonyl (C=O) groups excluding carboxylic acids is 4. The Morgan fingerprint density at radius 1 is 0.879 bits per heavy atom. The molecule has 9 nitrogen and oxygen atoms in total. The fourth-order valence-electron chi connectivity index (χ4n) is 2.86. The molecule has 176 valence electrons. The van der Waals surface area contributed by atoms with E-state index in [-0.39, 0.29) is 11.8 Å². The third kappa shape index (κ3) is 8.29. The first-order valence-corrected chi connectivity index (χ1v) is 10.6. The molecule has 0 saturated heterocycles. The second kappa shape index (κ2) is 12.2. The van der Waals surface area contributed by atoms with Gasteiger partial charge in [0.25, 0.3) is 11.8 Å². The van der Waals surface area contributed by atoms with Crippen LogP contribution in [0, 0.1) is 5.92 Å². The average molecular weight is 456 g/mol. The van der Waals surface area contributed by atoms with Crippen LogP contribution in [-0.2, 0) is 19.1 Å². The lowest BCUT2D eigenvalue weighted by Crippen LogP contribution is -2.45. The highest BCUT2D eigenvalue weighted by Gasteiger charge is 2.26. The molecule has 1 atom stereocenters. The van der Waals surface area contributed by atoms with Crippen molar-refractivity contribution in [1.29, 1.82) is 0 Å². The molecule has 0 aromatic heterocycles. The Hall–Kier alpha value is -3.88. The molecule has 0 saturated carbocycles. The standard InChI is InChI=1S/C24H29N3O6/c1-5-32-20-12-6-17(7-13-20)23(30)27-22(15(2)3)24(31)33-14-21(29)26-19-10-8-18(9-11-19)25-16(4)28/h6-13,15,22H,5,14H2,1-4H3,(H,25,28)(H,26,29)(H,27,30)/t22-/m0/s1. The molecule has 0 radical (unpaired) electrons. The monoisotopic (exact) mass is 455 g/mol. The van der Waals surface area contributed by atoms with Gasteiger partial charge >= 0.3 is 5.97 Å². The summed E-state index contributed by atoms with van der Waals surface area (Å²) in [6, 6.07) is 12.1. The van der Waals surface area contributed by atoms with E-state index in [1.165, 1.54) is 6.92 Å². The van der Waals surface area contributed by atoms with Gasteiger partial charge in [0.2, 0.25) is 5.91 Å². The number of carbonyl (C=O) groups is 4. The van der Waals surface area contributed by atoms with E-state index in [1.54, 1.807) is 62.4 Å². The van der Waals surface area contributed by atoms with E-state index in [2.05, 4.69) is 16.0 Å². The van der Waals surface area contributed by atoms with Crippen LogP contribution >= 0.6 is 0 Å². The highest BCUT2D eigenvalue weighted by Crippen LogP contribution is 2.15. The number of anilines is 2. The van der Waals surface area contributed by atoms with Crippen LogP contribution in [-0.4, -0.2) is 42.9 Å². The Kier molecular flexibility index (Phi) is 9.41. The van der Waals surface area contributed by atoms with Gasteiger partial charge in [-0.15, -0.1) is 0 Å². The Balaban J connectivity index is 1.89. The van der Waals surface area contributed by atoms with Crippen LogP contribution < -0.4 is 20.7 Å². The number of ether oxygens (including phenoxy) is 2. The van der Waals surface area contributed by atoms with E-state index >= 15 is 0 Å². The zero-order chi connectivity index (χ0) is 24.4. The van der Waals surface area contributed by atoms with Crippen LogP contribution in [0.15, 0.2) is 48.5 Å². The summed E-state index contributed by atoms with van der Waals surface area (Å²) in [6.45, 7) is 6.80. The van der Waals surface area contributed by atoms with Crippen molar-refractivity contribution in [2.24, 2.45) is 5.92 Å². The number of esters is 1. The Morgan fingerprint density at radius 3 is 1.97 bits per heavy atom. The van der Waals surface area contributed by atoms with Gasteiger partial charge in [-0.2, -0.15) is 0 Å². The first kappa shape index (κ1) is 25.4. The highest BCUT2D eigenvalue weighted by molar-refractivity contribution is 5.98. The van der Waals surface area contributed by atoms with E-state index in [0.29, 0.717) is 29.3 Å². The molecule has 0 unspecified atom stereocenters. The number of rotatable bonds is 10. The van der Waals surface area contributed by atoms with Gasteiger partial charge in [0.05, 0.1) is 6.61 Å². The molecule has 2 aromatic carbocycles. The Morgan fingerprint density at radius 2 is 1.45 bits per heavy atom. The molecule has 2 rings (SSSR count). The largest absolute Gasteiger partial charge is 0.494 e. The molecule has 0 aliphatic carbocycles. The third-order valence-corrected chi connectivity index (χ3v) is 4.47. The fourth-order valence-corrected chi connectivity index (χ4v) is 2.86. The van der Waals surface area contributed by atoms with E-state index in [1.807, 2.05) is 6.92 Å². The van der Waals surface area contributed by atoms with Crippen LogP contribution in [0.25, 0.3) is 0 Å². The van der Waals surface area contributed by atoms with Crippen LogP contribution in [0.1, 0.15) is 38.1 Å². The summed E-state index contributed by atoms with van der Waals surface area (Å²) >= 11 is 0. The summed E-state index contributed by atoms with van der Waals surface area (Å²) in [4.78, 5) is 48.3. The van der Waals surface area contributed by atoms with Crippen molar-refractivity contribution < 1.29 is 28.7 Å². The van der Waals surface area contributed by atoms with Gasteiger partial charge in [0.1, 0.15) is 11.8 Å². The van der Waals surface area contributed by atoms with Crippen molar-refractivity contribution in [2.45, 2.75) is 33.7 Å². The van der Waals surface area contributed by atoms with Crippen LogP contribution in [0.2, 0.25) is 0 Å². The predicted octanol–water partition coefficient (Wildman–Crippen LogP) is 2.98. The summed E-state index contributed by atoms with van der Waals surface area (Å²) < 4.78 is 10.5. The zero-order valence-corrected chi connectivity index (χ0v) is 19.1. The Labute approximate surface area is 192 Å². The molecule has 2 aromatic rings. The minimum absolute atomic E-state index is 0.201. The quantitative estimate of drug-likeness (QED) is 0.474. The van der Waals surface area contributed by atoms with Gasteiger partial charge in [0.15, 0.2) is 6.61 Å². The molecule has 0 spiro atoms. The van der Waals surface area contributed by atoms with Crippen molar-refractivity contribution in [3.63, 3.8) is 0 Å². The minimum atomic E-state index is -0.922.